The molecule has 0 radical (unpaired) electrons. The van der Waals surface area contributed by atoms with E-state index in [1.54, 1.807) is 6.92 Å². The Morgan fingerprint density at radius 2 is 1.75 bits per heavy atom. The van der Waals surface area contributed by atoms with Gasteiger partial charge in [-0.05, 0) is 32.1 Å². The number of hydrogen-bond acceptors (Lipinski definition) is 9. The zero-order chi connectivity index (χ0) is 25.7. The number of epoxide rings is 1. The average Bonchev–Trinajstić information content (AvgIpc) is 3.62. The van der Waals surface area contributed by atoms with E-state index in [9.17, 15) is 19.5 Å². The standard InChI is InChI=1S/C27H34O9/c1-16-8-10-26-14-33-24(31)23(30)17(2)9-11-32-21(28)6-4-5-7-22(29)36-18-13-20(35-19(26)12-16)27(15-34-27)25(18,26)3/h4-7,12,17-20,23,30H,8-11,13-15H2,1-3H3/b6-4+,7-5-/t17-,18-,19-,20?,23+,25-,26-,27+/m1/s1. The minimum atomic E-state index is -1.37. The average molecular weight is 503 g/mol. The zero-order valence-electron chi connectivity index (χ0n) is 20.9. The van der Waals surface area contributed by atoms with Crippen LogP contribution in [0, 0.1) is 16.7 Å². The number of aliphatic hydroxyl groups excluding tert-OH is 1. The van der Waals surface area contributed by atoms with Crippen molar-refractivity contribution in [1.29, 1.82) is 0 Å². The van der Waals surface area contributed by atoms with E-state index in [1.165, 1.54) is 29.9 Å². The third kappa shape index (κ3) is 3.83. The second-order valence-corrected chi connectivity index (χ2v) is 11.0. The lowest BCUT2D eigenvalue weighted by atomic mass is 9.51. The molecule has 1 N–H and O–H groups in total. The van der Waals surface area contributed by atoms with Crippen molar-refractivity contribution in [3.63, 3.8) is 0 Å². The maximum Gasteiger partial charge on any atom is 0.335 e. The molecule has 2 spiro atoms. The number of hydrogen-bond donors (Lipinski definition) is 1. The topological polar surface area (TPSA) is 121 Å². The van der Waals surface area contributed by atoms with Crippen LogP contribution in [0.3, 0.4) is 0 Å². The Kier molecular flexibility index (Phi) is 6.37. The summed E-state index contributed by atoms with van der Waals surface area (Å²) in [6.07, 6.45) is 7.11. The second kappa shape index (κ2) is 9.11. The molecular formula is C27H34O9. The normalized spacial score (nSPS) is 46.8. The number of aliphatic hydroxyl groups is 1. The first-order chi connectivity index (χ1) is 17.1. The number of carbonyl (C=O) groups is 3. The summed E-state index contributed by atoms with van der Waals surface area (Å²) in [5.41, 5.74) is -0.820. The van der Waals surface area contributed by atoms with Gasteiger partial charge in [0.25, 0.3) is 0 Å². The molecule has 2 aliphatic carbocycles. The predicted molar refractivity (Wildman–Crippen MR) is 125 cm³/mol. The summed E-state index contributed by atoms with van der Waals surface area (Å²) < 4.78 is 29.6. The first-order valence-electron chi connectivity index (χ1n) is 12.7. The Bertz CT molecular complexity index is 1020. The molecule has 3 heterocycles. The summed E-state index contributed by atoms with van der Waals surface area (Å²) >= 11 is 0. The molecule has 0 amide bonds. The van der Waals surface area contributed by atoms with E-state index < -0.39 is 52.5 Å². The number of rotatable bonds is 0. The van der Waals surface area contributed by atoms with E-state index in [-0.39, 0.29) is 31.8 Å². The molecule has 36 heavy (non-hydrogen) atoms. The van der Waals surface area contributed by atoms with Gasteiger partial charge in [-0.3, -0.25) is 0 Å². The van der Waals surface area contributed by atoms with Crippen molar-refractivity contribution in [3.05, 3.63) is 36.0 Å². The molecule has 9 heteroatoms. The maximum absolute atomic E-state index is 12.9. The lowest BCUT2D eigenvalue weighted by Crippen LogP contribution is -2.66. The summed E-state index contributed by atoms with van der Waals surface area (Å²) in [5, 5.41) is 10.6. The second-order valence-electron chi connectivity index (χ2n) is 11.0. The Morgan fingerprint density at radius 3 is 2.47 bits per heavy atom. The van der Waals surface area contributed by atoms with Gasteiger partial charge in [0, 0.05) is 24.0 Å². The number of cyclic esters (lactones) is 2. The van der Waals surface area contributed by atoms with Gasteiger partial charge in [-0.15, -0.1) is 0 Å². The van der Waals surface area contributed by atoms with E-state index in [2.05, 4.69) is 19.9 Å². The van der Waals surface area contributed by atoms with E-state index in [0.29, 0.717) is 19.4 Å². The van der Waals surface area contributed by atoms with Gasteiger partial charge in [0.2, 0.25) is 0 Å². The zero-order valence-corrected chi connectivity index (χ0v) is 20.9. The molecule has 5 aliphatic rings. The highest BCUT2D eigenvalue weighted by atomic mass is 16.6. The van der Waals surface area contributed by atoms with Crippen LogP contribution in [0.5, 0.6) is 0 Å². The molecular weight excluding hydrogens is 468 g/mol. The van der Waals surface area contributed by atoms with Crippen LogP contribution in [-0.2, 0) is 38.1 Å². The molecule has 0 aromatic heterocycles. The first kappa shape index (κ1) is 25.2. The lowest BCUT2D eigenvalue weighted by Gasteiger charge is -2.58. The minimum Gasteiger partial charge on any atom is -0.463 e. The molecule has 1 unspecified atom stereocenters. The van der Waals surface area contributed by atoms with E-state index >= 15 is 0 Å². The van der Waals surface area contributed by atoms with E-state index in [0.717, 1.165) is 6.42 Å². The molecule has 5 rings (SSSR count). The van der Waals surface area contributed by atoms with Gasteiger partial charge in [0.05, 0.1) is 30.8 Å². The van der Waals surface area contributed by atoms with E-state index in [1.807, 2.05) is 0 Å². The summed E-state index contributed by atoms with van der Waals surface area (Å²) in [6.45, 7) is 6.34. The van der Waals surface area contributed by atoms with Crippen LogP contribution < -0.4 is 0 Å². The van der Waals surface area contributed by atoms with Crippen molar-refractivity contribution >= 4 is 17.9 Å². The third-order valence-electron chi connectivity index (χ3n) is 9.12. The summed E-state index contributed by atoms with van der Waals surface area (Å²) in [5.74, 6) is -2.34. The van der Waals surface area contributed by atoms with Crippen LogP contribution in [0.1, 0.15) is 46.5 Å². The number of ether oxygens (including phenoxy) is 5. The molecule has 0 aromatic carbocycles. The molecule has 196 valence electrons. The monoisotopic (exact) mass is 502 g/mol. The van der Waals surface area contributed by atoms with Crippen molar-refractivity contribution in [3.8, 4) is 0 Å². The van der Waals surface area contributed by atoms with Crippen LogP contribution in [0.15, 0.2) is 36.0 Å². The third-order valence-corrected chi connectivity index (χ3v) is 9.12. The van der Waals surface area contributed by atoms with Gasteiger partial charge >= 0.3 is 17.9 Å². The fourth-order valence-corrected chi connectivity index (χ4v) is 6.65. The highest BCUT2D eigenvalue weighted by molar-refractivity contribution is 5.84. The van der Waals surface area contributed by atoms with Crippen molar-refractivity contribution < 1.29 is 43.2 Å². The largest absolute Gasteiger partial charge is 0.463 e. The van der Waals surface area contributed by atoms with Gasteiger partial charge in [-0.1, -0.05) is 37.6 Å². The fraction of sp³-hybridized carbons (Fsp3) is 0.667. The van der Waals surface area contributed by atoms with Crippen molar-refractivity contribution in [2.75, 3.05) is 19.8 Å². The molecule has 1 saturated carbocycles. The summed E-state index contributed by atoms with van der Waals surface area (Å²) in [4.78, 5) is 37.6. The Balaban J connectivity index is 1.52. The Morgan fingerprint density at radius 1 is 1.03 bits per heavy atom. The van der Waals surface area contributed by atoms with Crippen molar-refractivity contribution in [2.24, 2.45) is 16.7 Å². The molecule has 9 nitrogen and oxygen atoms in total. The number of carbonyl (C=O) groups excluding carboxylic acids is 3. The smallest absolute Gasteiger partial charge is 0.335 e. The molecule has 0 aromatic rings. The van der Waals surface area contributed by atoms with Gasteiger partial charge in [-0.25, -0.2) is 14.4 Å². The number of esters is 3. The molecule has 2 bridgehead atoms. The molecule has 8 atom stereocenters. The van der Waals surface area contributed by atoms with Gasteiger partial charge in [0.1, 0.15) is 18.3 Å². The highest BCUT2D eigenvalue weighted by Crippen LogP contribution is 2.72. The SMILES string of the molecule is CC1=C[C@H]2OC3C[C@H]4OC(=O)/C=C\C=C\C(=O)OCC[C@@H](C)[C@H](O)C(=O)OC[C@@]2(CC1)[C@]4(C)[C@]31CO1. The van der Waals surface area contributed by atoms with Crippen LogP contribution in [0.4, 0.5) is 0 Å². The highest BCUT2D eigenvalue weighted by Gasteiger charge is 2.83. The van der Waals surface area contributed by atoms with Crippen LogP contribution in [0.25, 0.3) is 0 Å². The number of allylic oxidation sites excluding steroid dienone is 3. The van der Waals surface area contributed by atoms with E-state index in [4.69, 9.17) is 23.7 Å². The van der Waals surface area contributed by atoms with Gasteiger partial charge < -0.3 is 28.8 Å². The molecule has 3 aliphatic heterocycles. The Hall–Kier alpha value is -2.49. The Labute approximate surface area is 210 Å². The van der Waals surface area contributed by atoms with Crippen molar-refractivity contribution in [1.82, 2.24) is 0 Å². The van der Waals surface area contributed by atoms with Gasteiger partial charge in [-0.2, -0.15) is 0 Å². The first-order valence-corrected chi connectivity index (χ1v) is 12.7. The summed E-state index contributed by atoms with van der Waals surface area (Å²) in [7, 11) is 0. The van der Waals surface area contributed by atoms with Crippen LogP contribution in [0.2, 0.25) is 0 Å². The van der Waals surface area contributed by atoms with Crippen LogP contribution >= 0.6 is 0 Å². The molecule has 2 saturated heterocycles. The lowest BCUT2D eigenvalue weighted by molar-refractivity contribution is -0.234. The van der Waals surface area contributed by atoms with Crippen molar-refractivity contribution in [2.45, 2.75) is 76.5 Å². The molecule has 3 fully saturated rings. The quantitative estimate of drug-likeness (QED) is 0.230. The summed E-state index contributed by atoms with van der Waals surface area (Å²) in [6, 6.07) is 0. The van der Waals surface area contributed by atoms with Gasteiger partial charge in [0.15, 0.2) is 6.10 Å². The van der Waals surface area contributed by atoms with Crippen LogP contribution in [-0.4, -0.2) is 72.9 Å². The maximum atomic E-state index is 12.9. The minimum absolute atomic E-state index is 0.00000344. The fourth-order valence-electron chi connectivity index (χ4n) is 6.65. The predicted octanol–water partition coefficient (Wildman–Crippen LogP) is 2.17.